The molecule has 0 aliphatic rings. The van der Waals surface area contributed by atoms with E-state index in [0.717, 1.165) is 17.9 Å². The van der Waals surface area contributed by atoms with E-state index in [1.54, 1.807) is 11.8 Å². The van der Waals surface area contributed by atoms with Gasteiger partial charge in [0.05, 0.1) is 11.9 Å². The van der Waals surface area contributed by atoms with Gasteiger partial charge in [-0.15, -0.1) is 0 Å². The van der Waals surface area contributed by atoms with Crippen molar-refractivity contribution in [2.75, 3.05) is 17.7 Å². The number of nitrogens with two attached hydrogens (primary N) is 1. The summed E-state index contributed by atoms with van der Waals surface area (Å²) in [7, 11) is 0. The van der Waals surface area contributed by atoms with Crippen LogP contribution in [0.3, 0.4) is 0 Å². The van der Waals surface area contributed by atoms with Crippen LogP contribution >= 0.6 is 11.8 Å². The summed E-state index contributed by atoms with van der Waals surface area (Å²) in [5, 5.41) is 3.57. The summed E-state index contributed by atoms with van der Waals surface area (Å²) in [4.78, 5) is 0. The number of anilines is 1. The van der Waals surface area contributed by atoms with Gasteiger partial charge in [-0.2, -0.15) is 11.8 Å². The maximum absolute atomic E-state index is 5.52. The number of aromatic nitrogens is 1. The van der Waals surface area contributed by atoms with Crippen LogP contribution in [-0.2, 0) is 6.42 Å². The molecule has 1 aromatic rings. The molecule has 56 valence electrons. The fourth-order valence-corrected chi connectivity index (χ4v) is 1.05. The Kier molecular flexibility index (Phi) is 2.62. The van der Waals surface area contributed by atoms with Gasteiger partial charge in [0.15, 0.2) is 5.76 Å². The van der Waals surface area contributed by atoms with Crippen LogP contribution in [0.5, 0.6) is 0 Å². The lowest BCUT2D eigenvalue weighted by molar-refractivity contribution is 0.388. The van der Waals surface area contributed by atoms with E-state index >= 15 is 0 Å². The quantitative estimate of drug-likeness (QED) is 0.717. The van der Waals surface area contributed by atoms with Crippen LogP contribution in [0, 0.1) is 0 Å². The molecular weight excluding hydrogens is 148 g/mol. The fourth-order valence-electron chi connectivity index (χ4n) is 0.656. The molecule has 1 rings (SSSR count). The van der Waals surface area contributed by atoms with Crippen LogP contribution < -0.4 is 5.73 Å². The van der Waals surface area contributed by atoms with Crippen LogP contribution in [-0.4, -0.2) is 17.2 Å². The lowest BCUT2D eigenvalue weighted by Crippen LogP contribution is -1.91. The molecule has 0 bridgehead atoms. The Hall–Kier alpha value is -0.640. The van der Waals surface area contributed by atoms with Crippen molar-refractivity contribution in [2.24, 2.45) is 0 Å². The Morgan fingerprint density at radius 1 is 1.80 bits per heavy atom. The highest BCUT2D eigenvalue weighted by Crippen LogP contribution is 2.11. The molecule has 3 nitrogen and oxygen atoms in total. The fraction of sp³-hybridized carbons (Fsp3) is 0.500. The summed E-state index contributed by atoms with van der Waals surface area (Å²) in [5.74, 6) is 1.83. The molecule has 0 saturated carbocycles. The van der Waals surface area contributed by atoms with E-state index < -0.39 is 0 Å². The van der Waals surface area contributed by atoms with Crippen molar-refractivity contribution < 1.29 is 4.52 Å². The van der Waals surface area contributed by atoms with Crippen molar-refractivity contribution in [1.82, 2.24) is 5.16 Å². The van der Waals surface area contributed by atoms with Gasteiger partial charge in [0.2, 0.25) is 0 Å². The van der Waals surface area contributed by atoms with E-state index in [2.05, 4.69) is 5.16 Å². The van der Waals surface area contributed by atoms with Crippen LogP contribution in [0.25, 0.3) is 0 Å². The normalized spacial score (nSPS) is 10.1. The molecular formula is C6H10N2OS. The van der Waals surface area contributed by atoms with E-state index in [1.807, 2.05) is 6.26 Å². The summed E-state index contributed by atoms with van der Waals surface area (Å²) in [6, 6.07) is 0. The standard InChI is InChI=1S/C6H10N2OS/c1-10-3-2-6-5(7)4-8-9-6/h4H,2-3,7H2,1H3. The van der Waals surface area contributed by atoms with Crippen LogP contribution in [0.15, 0.2) is 10.7 Å². The molecule has 2 N–H and O–H groups in total. The predicted octanol–water partition coefficient (Wildman–Crippen LogP) is 1.16. The number of hydrogen-bond acceptors (Lipinski definition) is 4. The zero-order valence-corrected chi connectivity index (χ0v) is 6.65. The number of nitrogens with zero attached hydrogens (tertiary/aromatic N) is 1. The van der Waals surface area contributed by atoms with Crippen LogP contribution in [0.2, 0.25) is 0 Å². The molecule has 0 unspecified atom stereocenters. The molecule has 0 amide bonds. The molecule has 1 aromatic heterocycles. The molecule has 0 saturated heterocycles. The van der Waals surface area contributed by atoms with Gasteiger partial charge in [-0.05, 0) is 6.26 Å². The molecule has 0 radical (unpaired) electrons. The molecule has 0 atom stereocenters. The first-order valence-corrected chi connectivity index (χ1v) is 4.42. The minimum absolute atomic E-state index is 0.661. The first-order chi connectivity index (χ1) is 4.84. The molecule has 4 heteroatoms. The highest BCUT2D eigenvalue weighted by Gasteiger charge is 2.01. The van der Waals surface area contributed by atoms with Gasteiger partial charge < -0.3 is 10.3 Å². The smallest absolute Gasteiger partial charge is 0.160 e. The number of rotatable bonds is 3. The molecule has 1 heterocycles. The highest BCUT2D eigenvalue weighted by molar-refractivity contribution is 7.98. The van der Waals surface area contributed by atoms with Crippen LogP contribution in [0.1, 0.15) is 5.76 Å². The van der Waals surface area contributed by atoms with Gasteiger partial charge >= 0.3 is 0 Å². The molecule has 0 aliphatic carbocycles. The monoisotopic (exact) mass is 158 g/mol. The Morgan fingerprint density at radius 3 is 3.10 bits per heavy atom. The zero-order chi connectivity index (χ0) is 7.40. The number of nitrogen functional groups attached to an aromatic ring is 1. The first kappa shape index (κ1) is 7.47. The molecule has 0 fully saturated rings. The van der Waals surface area contributed by atoms with Crippen molar-refractivity contribution >= 4 is 17.4 Å². The first-order valence-electron chi connectivity index (χ1n) is 3.02. The summed E-state index contributed by atoms with van der Waals surface area (Å²) >= 11 is 1.77. The lowest BCUT2D eigenvalue weighted by Gasteiger charge is -1.92. The maximum atomic E-state index is 5.52. The minimum atomic E-state index is 0.661. The van der Waals surface area contributed by atoms with Crippen molar-refractivity contribution in [3.05, 3.63) is 12.0 Å². The second kappa shape index (κ2) is 3.51. The summed E-state index contributed by atoms with van der Waals surface area (Å²) in [5.41, 5.74) is 6.18. The van der Waals surface area contributed by atoms with E-state index in [-0.39, 0.29) is 0 Å². The third kappa shape index (κ3) is 1.67. The van der Waals surface area contributed by atoms with Gasteiger partial charge in [0.25, 0.3) is 0 Å². The van der Waals surface area contributed by atoms with Gasteiger partial charge in [-0.1, -0.05) is 5.16 Å². The summed E-state index contributed by atoms with van der Waals surface area (Å²) in [6.45, 7) is 0. The highest BCUT2D eigenvalue weighted by atomic mass is 32.2. The Labute approximate surface area is 64.0 Å². The largest absolute Gasteiger partial charge is 0.395 e. The third-order valence-electron chi connectivity index (χ3n) is 1.21. The maximum Gasteiger partial charge on any atom is 0.160 e. The van der Waals surface area contributed by atoms with Gasteiger partial charge in [0.1, 0.15) is 0 Å². The van der Waals surface area contributed by atoms with Gasteiger partial charge in [-0.25, -0.2) is 0 Å². The molecule has 0 aromatic carbocycles. The number of aryl methyl sites for hydroxylation is 1. The molecule has 10 heavy (non-hydrogen) atoms. The van der Waals surface area contributed by atoms with Crippen molar-refractivity contribution in [1.29, 1.82) is 0 Å². The third-order valence-corrected chi connectivity index (χ3v) is 1.82. The predicted molar refractivity (Wildman–Crippen MR) is 43.0 cm³/mol. The average Bonchev–Trinajstić information content (AvgIpc) is 2.31. The average molecular weight is 158 g/mol. The molecule has 0 aliphatic heterocycles. The topological polar surface area (TPSA) is 52.0 Å². The van der Waals surface area contributed by atoms with Crippen molar-refractivity contribution in [3.8, 4) is 0 Å². The SMILES string of the molecule is CSCCc1oncc1N. The van der Waals surface area contributed by atoms with Crippen LogP contribution in [0.4, 0.5) is 5.69 Å². The second-order valence-electron chi connectivity index (χ2n) is 1.95. The van der Waals surface area contributed by atoms with E-state index in [9.17, 15) is 0 Å². The van der Waals surface area contributed by atoms with Crippen molar-refractivity contribution in [3.63, 3.8) is 0 Å². The van der Waals surface area contributed by atoms with Gasteiger partial charge in [0, 0.05) is 12.2 Å². The Bertz CT molecular complexity index is 199. The number of hydrogen-bond donors (Lipinski definition) is 1. The number of thioether (sulfide) groups is 1. The molecule has 0 spiro atoms. The minimum Gasteiger partial charge on any atom is -0.395 e. The second-order valence-corrected chi connectivity index (χ2v) is 2.93. The van der Waals surface area contributed by atoms with E-state index in [0.29, 0.717) is 5.69 Å². The summed E-state index contributed by atoms with van der Waals surface area (Å²) < 4.78 is 4.88. The lowest BCUT2D eigenvalue weighted by atomic mass is 10.3. The van der Waals surface area contributed by atoms with E-state index in [4.69, 9.17) is 10.3 Å². The van der Waals surface area contributed by atoms with E-state index in [1.165, 1.54) is 6.20 Å². The Morgan fingerprint density at radius 2 is 2.60 bits per heavy atom. The van der Waals surface area contributed by atoms with Crippen molar-refractivity contribution in [2.45, 2.75) is 6.42 Å². The zero-order valence-electron chi connectivity index (χ0n) is 5.83. The van der Waals surface area contributed by atoms with Gasteiger partial charge in [-0.3, -0.25) is 0 Å². The Balaban J connectivity index is 2.49. The summed E-state index contributed by atoms with van der Waals surface area (Å²) in [6.07, 6.45) is 4.45.